The summed E-state index contributed by atoms with van der Waals surface area (Å²) in [6.45, 7) is 0. The molecule has 3 nitrogen and oxygen atoms in total. The van der Waals surface area contributed by atoms with E-state index in [1.807, 2.05) is 18.2 Å². The summed E-state index contributed by atoms with van der Waals surface area (Å²) in [7, 11) is 0. The minimum absolute atomic E-state index is 0.000814. The first-order valence-corrected chi connectivity index (χ1v) is 10.9. The molecule has 0 spiro atoms. The molecule has 0 aromatic heterocycles. The summed E-state index contributed by atoms with van der Waals surface area (Å²) in [6.07, 6.45) is 5.24. The summed E-state index contributed by atoms with van der Waals surface area (Å²) in [5, 5.41) is 0. The van der Waals surface area contributed by atoms with Crippen LogP contribution in [0, 0.1) is 23.7 Å². The fourth-order valence-corrected chi connectivity index (χ4v) is 6.84. The van der Waals surface area contributed by atoms with Gasteiger partial charge in [0.05, 0.1) is 0 Å². The molecule has 2 aromatic carbocycles. The van der Waals surface area contributed by atoms with Crippen LogP contribution < -0.4 is 12.1 Å². The van der Waals surface area contributed by atoms with E-state index in [0.29, 0.717) is 0 Å². The fraction of sp³-hybridized carbons (Fsp3) is 0.238. The number of benzene rings is 2. The molecule has 2 aliphatic carbocycles. The summed E-state index contributed by atoms with van der Waals surface area (Å²) in [5.41, 5.74) is 0.730. The summed E-state index contributed by atoms with van der Waals surface area (Å²) in [4.78, 5) is 27.1. The number of allylic oxidation sites excluding steroid dienone is 2. The SMILES string of the molecule is O=C1C2C3C=CC(C3)C2C(=O)N1c1ccc([Te]c2ccccc2)cc1. The van der Waals surface area contributed by atoms with Gasteiger partial charge in [0.15, 0.2) is 0 Å². The van der Waals surface area contributed by atoms with E-state index in [-0.39, 0.29) is 35.5 Å². The molecule has 3 aliphatic rings. The van der Waals surface area contributed by atoms with Gasteiger partial charge in [-0.3, -0.25) is 0 Å². The van der Waals surface area contributed by atoms with Crippen molar-refractivity contribution in [1.29, 1.82) is 0 Å². The van der Waals surface area contributed by atoms with Crippen LogP contribution in [-0.4, -0.2) is 32.7 Å². The van der Waals surface area contributed by atoms with Gasteiger partial charge in [-0.2, -0.15) is 0 Å². The van der Waals surface area contributed by atoms with E-state index < -0.39 is 20.9 Å². The Morgan fingerprint density at radius 2 is 1.32 bits per heavy atom. The van der Waals surface area contributed by atoms with Gasteiger partial charge in [-0.1, -0.05) is 0 Å². The first-order chi connectivity index (χ1) is 12.2. The second-order valence-electron chi connectivity index (χ2n) is 6.92. The van der Waals surface area contributed by atoms with Crippen LogP contribution in [0.15, 0.2) is 66.7 Å². The maximum absolute atomic E-state index is 12.8. The quantitative estimate of drug-likeness (QED) is 0.412. The molecule has 1 saturated carbocycles. The normalized spacial score (nSPS) is 29.5. The Hall–Kier alpha value is -1.89. The average molecular weight is 443 g/mol. The molecule has 5 rings (SSSR count). The van der Waals surface area contributed by atoms with Crippen LogP contribution in [0.3, 0.4) is 0 Å². The number of anilines is 1. The van der Waals surface area contributed by atoms with E-state index >= 15 is 0 Å². The van der Waals surface area contributed by atoms with E-state index in [1.54, 1.807) is 0 Å². The first kappa shape index (κ1) is 15.4. The molecule has 25 heavy (non-hydrogen) atoms. The molecule has 124 valence electrons. The van der Waals surface area contributed by atoms with Gasteiger partial charge in [0.2, 0.25) is 0 Å². The number of fused-ring (bicyclic) bond motifs is 5. The molecule has 4 atom stereocenters. The molecule has 2 bridgehead atoms. The molecule has 2 fully saturated rings. The van der Waals surface area contributed by atoms with Crippen LogP contribution in [-0.2, 0) is 9.59 Å². The van der Waals surface area contributed by atoms with Crippen molar-refractivity contribution in [3.63, 3.8) is 0 Å². The van der Waals surface area contributed by atoms with Gasteiger partial charge in [0, 0.05) is 0 Å². The summed E-state index contributed by atoms with van der Waals surface area (Å²) < 4.78 is 2.69. The Kier molecular flexibility index (Phi) is 3.58. The van der Waals surface area contributed by atoms with Crippen molar-refractivity contribution in [2.24, 2.45) is 23.7 Å². The third-order valence-electron chi connectivity index (χ3n) is 5.54. The molecule has 2 amide bonds. The number of hydrogen-bond donors (Lipinski definition) is 0. The van der Waals surface area contributed by atoms with Crippen molar-refractivity contribution in [3.8, 4) is 0 Å². The van der Waals surface area contributed by atoms with Gasteiger partial charge in [-0.15, -0.1) is 0 Å². The number of nitrogens with zero attached hydrogens (tertiary/aromatic N) is 1. The minimum atomic E-state index is -0.430. The van der Waals surface area contributed by atoms with Gasteiger partial charge >= 0.3 is 157 Å². The van der Waals surface area contributed by atoms with Crippen LogP contribution in [0.4, 0.5) is 5.69 Å². The van der Waals surface area contributed by atoms with Crippen molar-refractivity contribution in [2.75, 3.05) is 4.90 Å². The molecular weight excluding hydrogens is 426 g/mol. The van der Waals surface area contributed by atoms with Crippen LogP contribution >= 0.6 is 0 Å². The zero-order valence-electron chi connectivity index (χ0n) is 13.5. The van der Waals surface area contributed by atoms with E-state index in [4.69, 9.17) is 0 Å². The van der Waals surface area contributed by atoms with E-state index in [0.717, 1.165) is 12.1 Å². The van der Waals surface area contributed by atoms with Crippen molar-refractivity contribution in [1.82, 2.24) is 0 Å². The third kappa shape index (κ3) is 2.39. The molecule has 1 saturated heterocycles. The van der Waals surface area contributed by atoms with E-state index in [9.17, 15) is 9.59 Å². The van der Waals surface area contributed by atoms with Crippen LogP contribution in [0.2, 0.25) is 0 Å². The van der Waals surface area contributed by atoms with Crippen LogP contribution in [0.5, 0.6) is 0 Å². The van der Waals surface area contributed by atoms with Gasteiger partial charge in [0.25, 0.3) is 0 Å². The van der Waals surface area contributed by atoms with Crippen molar-refractivity contribution >= 4 is 45.6 Å². The fourth-order valence-electron chi connectivity index (χ4n) is 4.44. The Morgan fingerprint density at radius 3 is 1.92 bits per heavy atom. The molecule has 4 unspecified atom stereocenters. The first-order valence-electron chi connectivity index (χ1n) is 8.61. The average Bonchev–Trinajstić information content (AvgIpc) is 3.31. The summed E-state index contributed by atoms with van der Waals surface area (Å²) in [5.74, 6) is 0.278. The maximum atomic E-state index is 12.8. The van der Waals surface area contributed by atoms with Crippen molar-refractivity contribution in [2.45, 2.75) is 6.42 Å². The van der Waals surface area contributed by atoms with Gasteiger partial charge in [0.1, 0.15) is 0 Å². The number of hydrogen-bond acceptors (Lipinski definition) is 2. The third-order valence-corrected chi connectivity index (χ3v) is 8.44. The molecule has 2 aromatic rings. The van der Waals surface area contributed by atoms with E-state index in [1.165, 1.54) is 12.1 Å². The predicted octanol–water partition coefficient (Wildman–Crippen LogP) is 1.65. The van der Waals surface area contributed by atoms with Gasteiger partial charge in [-0.25, -0.2) is 0 Å². The summed E-state index contributed by atoms with van der Waals surface area (Å²) in [6, 6.07) is 18.5. The van der Waals surface area contributed by atoms with Crippen molar-refractivity contribution in [3.05, 3.63) is 66.7 Å². The molecular formula is C21H17NO2Te. The van der Waals surface area contributed by atoms with E-state index in [2.05, 4.69) is 48.6 Å². The predicted molar refractivity (Wildman–Crippen MR) is 98.1 cm³/mol. The Labute approximate surface area is 156 Å². The van der Waals surface area contributed by atoms with Gasteiger partial charge < -0.3 is 0 Å². The molecule has 0 N–H and O–H groups in total. The Balaban J connectivity index is 1.39. The standard InChI is InChI=1S/C21H17NO2Te/c23-20-18-13-6-7-14(12-13)19(18)21(24)22(20)15-8-10-17(11-9-15)25-16-4-2-1-3-5-16/h1-11,13-14,18-19H,12H2. The number of amides is 2. The second kappa shape index (κ2) is 5.83. The molecule has 4 heteroatoms. The second-order valence-corrected chi connectivity index (χ2v) is 10.2. The van der Waals surface area contributed by atoms with Gasteiger partial charge in [-0.05, 0) is 0 Å². The Morgan fingerprint density at radius 1 is 0.760 bits per heavy atom. The topological polar surface area (TPSA) is 37.4 Å². The van der Waals surface area contributed by atoms with Crippen molar-refractivity contribution < 1.29 is 9.59 Å². The van der Waals surface area contributed by atoms with Crippen LogP contribution in [0.1, 0.15) is 6.42 Å². The number of carbonyl (C=O) groups is 2. The molecule has 0 radical (unpaired) electrons. The number of carbonyl (C=O) groups excluding carboxylic acids is 2. The van der Waals surface area contributed by atoms with Crippen LogP contribution in [0.25, 0.3) is 0 Å². The summed E-state index contributed by atoms with van der Waals surface area (Å²) >= 11 is -0.430. The zero-order valence-corrected chi connectivity index (χ0v) is 15.9. The Bertz CT molecular complexity index is 845. The zero-order chi connectivity index (χ0) is 17.0. The molecule has 1 aliphatic heterocycles. The number of rotatable bonds is 3. The number of imide groups is 1. The molecule has 1 heterocycles. The monoisotopic (exact) mass is 445 g/mol.